The molecule has 8 rings (SSSR count). The Kier molecular flexibility index (Phi) is 7.91. The molecule has 4 aliphatic rings. The van der Waals surface area contributed by atoms with E-state index in [0.29, 0.717) is 53.6 Å². The number of piperidine rings is 1. The van der Waals surface area contributed by atoms with Gasteiger partial charge in [0.25, 0.3) is 0 Å². The molecule has 0 saturated carbocycles. The van der Waals surface area contributed by atoms with E-state index < -0.39 is 5.82 Å². The molecular weight excluding hydrogens is 605 g/mol. The number of ether oxygens (including phenoxy) is 2. The first-order valence-corrected chi connectivity index (χ1v) is 17.1. The van der Waals surface area contributed by atoms with Crippen molar-refractivity contribution >= 4 is 39.1 Å². The van der Waals surface area contributed by atoms with Gasteiger partial charge in [-0.2, -0.15) is 9.97 Å². The molecule has 3 unspecified atom stereocenters. The summed E-state index contributed by atoms with van der Waals surface area (Å²) in [7, 11) is 1.82. The standard InChI is InChI=1S/C36H41ClFN5O3/c1-20(16-43-24-9-10-25(43)13-27(12-24)45-2)19-46-36-40-34-30(35(41-36)42-17-22-7-8-23(18-42)39-22)15-31(37)32(33(34)38)29-14-26(44)11-21-5-3-4-6-28(21)29/h3-6,11,14-15,20,22-25,27,39,44H,7-10,12-13,16-19H2,1-2H3/t20-,22?,23?,24-,25+,27?/m1/s1. The van der Waals surface area contributed by atoms with Gasteiger partial charge in [0.1, 0.15) is 17.1 Å². The Hall–Kier alpha value is -3.24. The summed E-state index contributed by atoms with van der Waals surface area (Å²) in [5, 5.41) is 16.6. The van der Waals surface area contributed by atoms with Gasteiger partial charge >= 0.3 is 6.01 Å². The van der Waals surface area contributed by atoms with E-state index in [4.69, 9.17) is 31.0 Å². The minimum absolute atomic E-state index is 0.0434. The van der Waals surface area contributed by atoms with Gasteiger partial charge in [0.05, 0.1) is 17.7 Å². The maximum atomic E-state index is 16.9. The number of halogens is 2. The molecule has 4 bridgehead atoms. The van der Waals surface area contributed by atoms with Crippen molar-refractivity contribution in [1.29, 1.82) is 0 Å². The SMILES string of the molecule is COC1C[C@H]2CC[C@@H](C1)N2C[C@@H](C)COc1nc(N2CC3CCC(C2)N3)c2cc(Cl)c(-c3cc(O)cc4ccccc34)c(F)c2n1. The van der Waals surface area contributed by atoms with Gasteiger partial charge in [-0.05, 0) is 73.1 Å². The predicted molar refractivity (Wildman–Crippen MR) is 179 cm³/mol. The minimum Gasteiger partial charge on any atom is -0.508 e. The first kappa shape index (κ1) is 30.1. The van der Waals surface area contributed by atoms with Crippen LogP contribution in [0, 0.1) is 11.7 Å². The van der Waals surface area contributed by atoms with Crippen molar-refractivity contribution in [2.24, 2.45) is 5.92 Å². The van der Waals surface area contributed by atoms with Crippen LogP contribution in [0.1, 0.15) is 45.4 Å². The molecule has 1 aromatic heterocycles. The number of anilines is 1. The van der Waals surface area contributed by atoms with E-state index in [1.807, 2.05) is 31.4 Å². The fourth-order valence-electron chi connectivity index (χ4n) is 8.53. The van der Waals surface area contributed by atoms with E-state index in [0.717, 1.165) is 56.1 Å². The van der Waals surface area contributed by atoms with Gasteiger partial charge in [-0.3, -0.25) is 4.90 Å². The highest BCUT2D eigenvalue weighted by Gasteiger charge is 2.41. The highest BCUT2D eigenvalue weighted by molar-refractivity contribution is 6.35. The number of phenolic OH excluding ortho intramolecular Hbond substituents is 1. The van der Waals surface area contributed by atoms with Crippen LogP contribution in [0.2, 0.25) is 5.02 Å². The third-order valence-electron chi connectivity index (χ3n) is 10.7. The monoisotopic (exact) mass is 645 g/mol. The van der Waals surface area contributed by atoms with Gasteiger partial charge in [0, 0.05) is 67.8 Å². The number of aromatic nitrogens is 2. The maximum Gasteiger partial charge on any atom is 0.319 e. The van der Waals surface area contributed by atoms with Gasteiger partial charge in [0.15, 0.2) is 5.82 Å². The Morgan fingerprint density at radius 3 is 2.50 bits per heavy atom. The number of phenols is 1. The van der Waals surface area contributed by atoms with Crippen LogP contribution >= 0.6 is 11.6 Å². The summed E-state index contributed by atoms with van der Waals surface area (Å²) < 4.78 is 28.9. The molecule has 2 N–H and O–H groups in total. The molecule has 0 spiro atoms. The Morgan fingerprint density at radius 2 is 1.76 bits per heavy atom. The number of nitrogens with zero attached hydrogens (tertiary/aromatic N) is 4. The second kappa shape index (κ2) is 12.1. The summed E-state index contributed by atoms with van der Waals surface area (Å²) in [6.45, 7) is 5.11. The Bertz CT molecular complexity index is 1760. The molecule has 10 heteroatoms. The van der Waals surface area contributed by atoms with E-state index >= 15 is 4.39 Å². The number of nitrogens with one attached hydrogen (secondary N) is 1. The number of hydrogen-bond donors (Lipinski definition) is 2. The lowest BCUT2D eigenvalue weighted by Gasteiger charge is -2.39. The number of benzene rings is 3. The van der Waals surface area contributed by atoms with Gasteiger partial charge in [0.2, 0.25) is 0 Å². The molecule has 6 atom stereocenters. The van der Waals surface area contributed by atoms with Crippen LogP contribution < -0.4 is 15.0 Å². The van der Waals surface area contributed by atoms with Crippen LogP contribution in [-0.2, 0) is 4.74 Å². The van der Waals surface area contributed by atoms with E-state index in [2.05, 4.69) is 22.0 Å². The number of hydrogen-bond acceptors (Lipinski definition) is 8. The summed E-state index contributed by atoms with van der Waals surface area (Å²) in [6.07, 6.45) is 7.20. The van der Waals surface area contributed by atoms with E-state index in [9.17, 15) is 5.11 Å². The third kappa shape index (κ3) is 5.45. The number of aromatic hydroxyl groups is 1. The Balaban J connectivity index is 1.15. The predicted octanol–water partition coefficient (Wildman–Crippen LogP) is 6.55. The van der Waals surface area contributed by atoms with E-state index in [-0.39, 0.29) is 33.8 Å². The normalized spacial score (nSPS) is 26.7. The highest BCUT2D eigenvalue weighted by atomic mass is 35.5. The minimum atomic E-state index is -0.546. The Labute approximate surface area is 273 Å². The van der Waals surface area contributed by atoms with Crippen molar-refractivity contribution < 1.29 is 19.0 Å². The van der Waals surface area contributed by atoms with Crippen LogP contribution in [0.3, 0.4) is 0 Å². The van der Waals surface area contributed by atoms with Crippen molar-refractivity contribution in [3.8, 4) is 22.9 Å². The van der Waals surface area contributed by atoms with Crippen LogP contribution in [0.25, 0.3) is 32.8 Å². The smallest absolute Gasteiger partial charge is 0.319 e. The average molecular weight is 646 g/mol. The van der Waals surface area contributed by atoms with E-state index in [1.54, 1.807) is 18.2 Å². The topological polar surface area (TPSA) is 83.0 Å². The average Bonchev–Trinajstić information content (AvgIpc) is 3.49. The molecule has 0 aliphatic carbocycles. The summed E-state index contributed by atoms with van der Waals surface area (Å²) in [5.41, 5.74) is 0.897. The number of methoxy groups -OCH3 is 1. The van der Waals surface area contributed by atoms with Gasteiger partial charge < -0.3 is 24.8 Å². The summed E-state index contributed by atoms with van der Waals surface area (Å²) in [4.78, 5) is 14.5. The molecular formula is C36H41ClFN5O3. The molecule has 3 aromatic carbocycles. The van der Waals surface area contributed by atoms with Crippen molar-refractivity contribution in [2.45, 2.75) is 75.7 Å². The summed E-state index contributed by atoms with van der Waals surface area (Å²) >= 11 is 6.91. The van der Waals surface area contributed by atoms with Crippen molar-refractivity contribution in [1.82, 2.24) is 20.2 Å². The quantitative estimate of drug-likeness (QED) is 0.223. The molecule has 0 amide bonds. The number of fused-ring (bicyclic) bond motifs is 6. The lowest BCUT2D eigenvalue weighted by molar-refractivity contribution is -0.00166. The zero-order valence-electron chi connectivity index (χ0n) is 26.4. The van der Waals surface area contributed by atoms with Crippen LogP contribution in [0.4, 0.5) is 10.2 Å². The largest absolute Gasteiger partial charge is 0.508 e. The van der Waals surface area contributed by atoms with Gasteiger partial charge in [-0.15, -0.1) is 0 Å². The first-order chi connectivity index (χ1) is 22.3. The fraction of sp³-hybridized carbons (Fsp3) is 0.500. The maximum absolute atomic E-state index is 16.9. The molecule has 5 heterocycles. The molecule has 4 aliphatic heterocycles. The fourth-order valence-corrected chi connectivity index (χ4v) is 8.82. The van der Waals surface area contributed by atoms with Gasteiger partial charge in [-0.25, -0.2) is 4.39 Å². The zero-order valence-corrected chi connectivity index (χ0v) is 27.1. The molecule has 4 aromatic rings. The number of piperazine rings is 1. The summed E-state index contributed by atoms with van der Waals surface area (Å²) in [6, 6.07) is 14.6. The van der Waals surface area contributed by atoms with Crippen LogP contribution in [0.15, 0.2) is 42.5 Å². The second-order valence-electron chi connectivity index (χ2n) is 13.9. The lowest BCUT2D eigenvalue weighted by Crippen LogP contribution is -2.51. The van der Waals surface area contributed by atoms with E-state index in [1.165, 1.54) is 12.8 Å². The third-order valence-corrected chi connectivity index (χ3v) is 11.0. The highest BCUT2D eigenvalue weighted by Crippen LogP contribution is 2.43. The van der Waals surface area contributed by atoms with Crippen molar-refractivity contribution in [3.05, 3.63) is 53.3 Å². The Morgan fingerprint density at radius 1 is 1.02 bits per heavy atom. The van der Waals surface area contributed by atoms with Crippen LogP contribution in [0.5, 0.6) is 11.8 Å². The summed E-state index contributed by atoms with van der Waals surface area (Å²) in [5.74, 6) is 0.389. The molecule has 242 valence electrons. The molecule has 46 heavy (non-hydrogen) atoms. The van der Waals surface area contributed by atoms with Crippen LogP contribution in [-0.4, -0.2) is 83.6 Å². The zero-order chi connectivity index (χ0) is 31.5. The molecule has 8 nitrogen and oxygen atoms in total. The molecule has 4 fully saturated rings. The lowest BCUT2D eigenvalue weighted by atomic mass is 9.96. The van der Waals surface area contributed by atoms with Gasteiger partial charge in [-0.1, -0.05) is 42.8 Å². The van der Waals surface area contributed by atoms with Crippen molar-refractivity contribution in [2.75, 3.05) is 38.3 Å². The number of rotatable bonds is 8. The van der Waals surface area contributed by atoms with Crippen molar-refractivity contribution in [3.63, 3.8) is 0 Å². The molecule has 4 saturated heterocycles. The first-order valence-electron chi connectivity index (χ1n) is 16.7. The second-order valence-corrected chi connectivity index (χ2v) is 14.3. The molecule has 0 radical (unpaired) electrons.